The maximum absolute atomic E-state index is 12.3. The van der Waals surface area contributed by atoms with Crippen molar-refractivity contribution in [1.82, 2.24) is 5.32 Å². The molecule has 0 atom stereocenters. The minimum atomic E-state index is -0.269. The van der Waals surface area contributed by atoms with Crippen LogP contribution in [0.25, 0.3) is 0 Å². The highest BCUT2D eigenvalue weighted by Crippen LogP contribution is 2.30. The molecule has 0 saturated heterocycles. The van der Waals surface area contributed by atoms with Gasteiger partial charge in [0.15, 0.2) is 0 Å². The highest BCUT2D eigenvalue weighted by Gasteiger charge is 2.14. The van der Waals surface area contributed by atoms with Crippen molar-refractivity contribution in [3.63, 3.8) is 0 Å². The van der Waals surface area contributed by atoms with E-state index in [4.69, 9.17) is 16.3 Å². The van der Waals surface area contributed by atoms with Crippen LogP contribution in [-0.4, -0.2) is 31.5 Å². The number of hydrogen-bond donors (Lipinski definition) is 3. The lowest BCUT2D eigenvalue weighted by atomic mass is 10.1. The Morgan fingerprint density at radius 1 is 1.15 bits per heavy atom. The van der Waals surface area contributed by atoms with E-state index < -0.39 is 0 Å². The zero-order valence-corrected chi connectivity index (χ0v) is 16.6. The summed E-state index contributed by atoms with van der Waals surface area (Å²) in [6, 6.07) is 10.5. The number of para-hydroxylation sites is 1. The number of carbonyl (C=O) groups is 2. The molecule has 0 fully saturated rings. The Morgan fingerprint density at radius 2 is 1.85 bits per heavy atom. The Hall–Kier alpha value is -2.73. The molecule has 0 aromatic heterocycles. The molecule has 0 saturated carbocycles. The van der Waals surface area contributed by atoms with Gasteiger partial charge in [0.25, 0.3) is 5.91 Å². The number of ether oxygens (including phenoxy) is 1. The predicted molar refractivity (Wildman–Crippen MR) is 109 cm³/mol. The number of methoxy groups -OCH3 is 1. The molecule has 7 heteroatoms. The first kappa shape index (κ1) is 20.6. The molecule has 0 aliphatic heterocycles. The number of amides is 2. The van der Waals surface area contributed by atoms with Crippen molar-refractivity contribution < 1.29 is 14.3 Å². The fourth-order valence-corrected chi connectivity index (χ4v) is 2.63. The summed E-state index contributed by atoms with van der Waals surface area (Å²) in [6.07, 6.45) is 0. The SMILES string of the molecule is COc1cc(Cl)c(C)cc1NC(=O)CNc1ccccc1C(=O)NC(C)C. The normalized spacial score (nSPS) is 10.4. The molecule has 0 unspecified atom stereocenters. The molecule has 2 aromatic carbocycles. The van der Waals surface area contributed by atoms with Crippen LogP contribution in [0.3, 0.4) is 0 Å². The number of hydrogen-bond acceptors (Lipinski definition) is 4. The fourth-order valence-electron chi connectivity index (χ4n) is 2.47. The monoisotopic (exact) mass is 389 g/mol. The van der Waals surface area contributed by atoms with Gasteiger partial charge in [-0.2, -0.15) is 0 Å². The van der Waals surface area contributed by atoms with Crippen molar-refractivity contribution >= 4 is 34.8 Å². The summed E-state index contributed by atoms with van der Waals surface area (Å²) >= 11 is 6.08. The molecule has 0 radical (unpaired) electrons. The molecule has 0 aliphatic rings. The van der Waals surface area contributed by atoms with E-state index in [1.54, 1.807) is 36.4 Å². The molecule has 0 bridgehead atoms. The van der Waals surface area contributed by atoms with Crippen LogP contribution in [0.1, 0.15) is 29.8 Å². The zero-order chi connectivity index (χ0) is 20.0. The highest BCUT2D eigenvalue weighted by molar-refractivity contribution is 6.31. The van der Waals surface area contributed by atoms with Gasteiger partial charge < -0.3 is 20.7 Å². The van der Waals surface area contributed by atoms with E-state index in [-0.39, 0.29) is 24.4 Å². The average Bonchev–Trinajstić information content (AvgIpc) is 2.62. The third kappa shape index (κ3) is 5.62. The van der Waals surface area contributed by atoms with Gasteiger partial charge in [-0.1, -0.05) is 23.7 Å². The molecule has 2 amide bonds. The van der Waals surface area contributed by atoms with Crippen molar-refractivity contribution in [2.24, 2.45) is 0 Å². The van der Waals surface area contributed by atoms with E-state index in [9.17, 15) is 9.59 Å². The molecule has 144 valence electrons. The molecule has 2 aromatic rings. The van der Waals surface area contributed by atoms with E-state index in [2.05, 4.69) is 16.0 Å². The molecule has 0 aliphatic carbocycles. The summed E-state index contributed by atoms with van der Waals surface area (Å²) in [7, 11) is 1.51. The van der Waals surface area contributed by atoms with Gasteiger partial charge in [-0.3, -0.25) is 9.59 Å². The summed E-state index contributed by atoms with van der Waals surface area (Å²) in [6.45, 7) is 5.63. The topological polar surface area (TPSA) is 79.5 Å². The molecule has 6 nitrogen and oxygen atoms in total. The zero-order valence-electron chi connectivity index (χ0n) is 15.9. The number of nitrogens with one attached hydrogen (secondary N) is 3. The Kier molecular flexibility index (Phi) is 7.07. The number of carbonyl (C=O) groups excluding carboxylic acids is 2. The maximum Gasteiger partial charge on any atom is 0.253 e. The smallest absolute Gasteiger partial charge is 0.253 e. The van der Waals surface area contributed by atoms with Gasteiger partial charge in [-0.15, -0.1) is 0 Å². The van der Waals surface area contributed by atoms with E-state index in [0.717, 1.165) is 5.56 Å². The Morgan fingerprint density at radius 3 is 2.52 bits per heavy atom. The van der Waals surface area contributed by atoms with E-state index in [1.165, 1.54) is 7.11 Å². The van der Waals surface area contributed by atoms with Crippen LogP contribution in [0.4, 0.5) is 11.4 Å². The predicted octanol–water partition coefficient (Wildman–Crippen LogP) is 3.85. The van der Waals surface area contributed by atoms with Crippen molar-refractivity contribution in [3.05, 3.63) is 52.5 Å². The van der Waals surface area contributed by atoms with Gasteiger partial charge in [0.2, 0.25) is 5.91 Å². The van der Waals surface area contributed by atoms with Gasteiger partial charge in [-0.25, -0.2) is 0 Å². The van der Waals surface area contributed by atoms with Crippen LogP contribution in [0, 0.1) is 6.92 Å². The summed E-state index contributed by atoms with van der Waals surface area (Å²) in [5.41, 5.74) is 2.44. The molecular weight excluding hydrogens is 366 g/mol. The number of rotatable bonds is 7. The minimum absolute atomic E-state index is 0.00317. The largest absolute Gasteiger partial charge is 0.495 e. The third-order valence-electron chi connectivity index (χ3n) is 3.79. The van der Waals surface area contributed by atoms with Crippen LogP contribution in [-0.2, 0) is 4.79 Å². The summed E-state index contributed by atoms with van der Waals surface area (Å²) in [5, 5.41) is 9.21. The van der Waals surface area contributed by atoms with Crippen LogP contribution in [0.5, 0.6) is 5.75 Å². The number of anilines is 2. The lowest BCUT2D eigenvalue weighted by Gasteiger charge is -2.15. The first-order chi connectivity index (χ1) is 12.8. The second-order valence-electron chi connectivity index (χ2n) is 6.38. The maximum atomic E-state index is 12.3. The molecule has 2 rings (SSSR count). The van der Waals surface area contributed by atoms with Crippen LogP contribution >= 0.6 is 11.6 Å². The van der Waals surface area contributed by atoms with Crippen LogP contribution in [0.15, 0.2) is 36.4 Å². The Labute approximate surface area is 164 Å². The Bertz CT molecular complexity index is 837. The van der Waals surface area contributed by atoms with E-state index in [1.807, 2.05) is 20.8 Å². The van der Waals surface area contributed by atoms with Gasteiger partial charge in [0.1, 0.15) is 5.75 Å². The number of benzene rings is 2. The number of halogens is 1. The van der Waals surface area contributed by atoms with Crippen molar-refractivity contribution in [2.75, 3.05) is 24.3 Å². The Balaban J connectivity index is 2.07. The third-order valence-corrected chi connectivity index (χ3v) is 4.19. The second-order valence-corrected chi connectivity index (χ2v) is 6.78. The average molecular weight is 390 g/mol. The standard InChI is InChI=1S/C20H24ClN3O3/c1-12(2)23-20(26)14-7-5-6-8-16(14)22-11-19(25)24-17-9-13(3)15(21)10-18(17)27-4/h5-10,12,22H,11H2,1-4H3,(H,23,26)(H,24,25). The lowest BCUT2D eigenvalue weighted by Crippen LogP contribution is -2.31. The molecule has 0 heterocycles. The first-order valence-corrected chi connectivity index (χ1v) is 8.97. The van der Waals surface area contributed by atoms with Crippen molar-refractivity contribution in [1.29, 1.82) is 0 Å². The fraction of sp³-hybridized carbons (Fsp3) is 0.300. The lowest BCUT2D eigenvalue weighted by molar-refractivity contribution is -0.114. The van der Waals surface area contributed by atoms with Gasteiger partial charge in [0, 0.05) is 22.8 Å². The first-order valence-electron chi connectivity index (χ1n) is 8.59. The van der Waals surface area contributed by atoms with Crippen LogP contribution < -0.4 is 20.7 Å². The van der Waals surface area contributed by atoms with Gasteiger partial charge >= 0.3 is 0 Å². The molecule has 27 heavy (non-hydrogen) atoms. The summed E-state index contributed by atoms with van der Waals surface area (Å²) in [5.74, 6) is 0.0215. The molecule has 3 N–H and O–H groups in total. The van der Waals surface area contributed by atoms with Crippen LogP contribution in [0.2, 0.25) is 5.02 Å². The summed E-state index contributed by atoms with van der Waals surface area (Å²) < 4.78 is 5.26. The van der Waals surface area contributed by atoms with E-state index in [0.29, 0.717) is 27.7 Å². The van der Waals surface area contributed by atoms with Crippen molar-refractivity contribution in [3.8, 4) is 5.75 Å². The second kappa shape index (κ2) is 9.28. The highest BCUT2D eigenvalue weighted by atomic mass is 35.5. The molecule has 0 spiro atoms. The van der Waals surface area contributed by atoms with Crippen molar-refractivity contribution in [2.45, 2.75) is 26.8 Å². The minimum Gasteiger partial charge on any atom is -0.495 e. The number of aryl methyl sites for hydroxylation is 1. The van der Waals surface area contributed by atoms with E-state index >= 15 is 0 Å². The molecular formula is C20H24ClN3O3. The van der Waals surface area contributed by atoms with Gasteiger partial charge in [0.05, 0.1) is 24.9 Å². The van der Waals surface area contributed by atoms with Gasteiger partial charge in [-0.05, 0) is 44.5 Å². The summed E-state index contributed by atoms with van der Waals surface area (Å²) in [4.78, 5) is 24.6. The quantitative estimate of drug-likeness (QED) is 0.672.